The first-order valence-corrected chi connectivity index (χ1v) is 5.07. The highest BCUT2D eigenvalue weighted by Gasteiger charge is 2.05. The highest BCUT2D eigenvalue weighted by molar-refractivity contribution is 7.15. The lowest BCUT2D eigenvalue weighted by Gasteiger charge is -2.06. The molecule has 1 aliphatic heterocycles. The Balaban J connectivity index is 2.54. The predicted molar refractivity (Wildman–Crippen MR) is 55.0 cm³/mol. The van der Waals surface area contributed by atoms with Crippen LogP contribution in [0.4, 0.5) is 0 Å². The summed E-state index contributed by atoms with van der Waals surface area (Å²) in [5, 5.41) is 0. The lowest BCUT2D eigenvalue weighted by Crippen LogP contribution is -1.83. The minimum absolute atomic E-state index is 0.648. The van der Waals surface area contributed by atoms with E-state index in [2.05, 4.69) is 44.2 Å². The molecule has 0 aromatic carbocycles. The first kappa shape index (κ1) is 7.81. The topological polar surface area (TPSA) is 0 Å². The van der Waals surface area contributed by atoms with Gasteiger partial charge >= 0.3 is 0 Å². The quantitative estimate of drug-likeness (QED) is 0.616. The Kier molecular flexibility index (Phi) is 1.89. The van der Waals surface area contributed by atoms with Crippen LogP contribution in [0.5, 0.6) is 0 Å². The third-order valence-electron chi connectivity index (χ3n) is 2.03. The Morgan fingerprint density at radius 2 is 1.92 bits per heavy atom. The fourth-order valence-electron chi connectivity index (χ4n) is 1.29. The SMILES string of the molecule is CC(C)c1ccc2cccc-2s1. The van der Waals surface area contributed by atoms with Crippen molar-refractivity contribution in [2.75, 3.05) is 0 Å². The van der Waals surface area contributed by atoms with Crippen LogP contribution in [0.3, 0.4) is 0 Å². The molecule has 0 fully saturated rings. The molecule has 0 bridgehead atoms. The summed E-state index contributed by atoms with van der Waals surface area (Å²) in [4.78, 5) is 2.87. The van der Waals surface area contributed by atoms with Crippen molar-refractivity contribution in [2.24, 2.45) is 0 Å². The molecule has 0 nitrogen and oxygen atoms in total. The molecule has 1 heteroatoms. The van der Waals surface area contributed by atoms with Gasteiger partial charge in [0.05, 0.1) is 0 Å². The summed E-state index contributed by atoms with van der Waals surface area (Å²) in [7, 11) is 0. The zero-order chi connectivity index (χ0) is 8.55. The van der Waals surface area contributed by atoms with Gasteiger partial charge in [0.15, 0.2) is 0 Å². The fourth-order valence-corrected chi connectivity index (χ4v) is 2.32. The summed E-state index contributed by atoms with van der Waals surface area (Å²) in [5.74, 6) is 0.648. The van der Waals surface area contributed by atoms with E-state index in [0.29, 0.717) is 5.92 Å². The maximum absolute atomic E-state index is 2.24. The van der Waals surface area contributed by atoms with Crippen LogP contribution in [-0.4, -0.2) is 0 Å². The molecular weight excluding hydrogens is 164 g/mol. The van der Waals surface area contributed by atoms with Crippen molar-refractivity contribution in [3.05, 3.63) is 35.2 Å². The zero-order valence-electron chi connectivity index (χ0n) is 7.37. The van der Waals surface area contributed by atoms with Crippen molar-refractivity contribution in [1.29, 1.82) is 0 Å². The van der Waals surface area contributed by atoms with Crippen LogP contribution in [0.15, 0.2) is 30.3 Å². The van der Waals surface area contributed by atoms with Crippen molar-refractivity contribution in [1.82, 2.24) is 0 Å². The molecule has 0 amide bonds. The summed E-state index contributed by atoms with van der Waals surface area (Å²) in [6.07, 6.45) is 0. The van der Waals surface area contributed by atoms with E-state index >= 15 is 0 Å². The largest absolute Gasteiger partial charge is 0.140 e. The highest BCUT2D eigenvalue weighted by atomic mass is 32.1. The second-order valence-corrected chi connectivity index (χ2v) is 4.45. The molecule has 2 aliphatic rings. The Morgan fingerprint density at radius 3 is 2.67 bits per heavy atom. The third kappa shape index (κ3) is 1.25. The Labute approximate surface area is 77.2 Å². The molecule has 12 heavy (non-hydrogen) atoms. The van der Waals surface area contributed by atoms with E-state index in [1.54, 1.807) is 0 Å². The maximum atomic E-state index is 2.24. The van der Waals surface area contributed by atoms with Crippen molar-refractivity contribution >= 4 is 11.3 Å². The number of hydrogen-bond donors (Lipinski definition) is 0. The van der Waals surface area contributed by atoms with Gasteiger partial charge in [-0.3, -0.25) is 0 Å². The number of rotatable bonds is 1. The molecule has 0 unspecified atom stereocenters. The van der Waals surface area contributed by atoms with Gasteiger partial charge in [-0.05, 0) is 23.6 Å². The van der Waals surface area contributed by atoms with Gasteiger partial charge < -0.3 is 0 Å². The van der Waals surface area contributed by atoms with Crippen molar-refractivity contribution < 1.29 is 0 Å². The molecule has 0 aromatic heterocycles. The van der Waals surface area contributed by atoms with Crippen molar-refractivity contribution in [3.63, 3.8) is 0 Å². The van der Waals surface area contributed by atoms with E-state index in [0.717, 1.165) is 0 Å². The molecule has 0 saturated carbocycles. The average molecular weight is 176 g/mol. The van der Waals surface area contributed by atoms with Crippen LogP contribution in [0.2, 0.25) is 0 Å². The minimum atomic E-state index is 0.648. The molecule has 1 heterocycles. The lowest BCUT2D eigenvalue weighted by molar-refractivity contribution is 0.888. The van der Waals surface area contributed by atoms with Gasteiger partial charge in [-0.2, -0.15) is 0 Å². The normalized spacial score (nSPS) is 11.2. The first-order chi connectivity index (χ1) is 5.77. The Morgan fingerprint density at radius 1 is 1.08 bits per heavy atom. The molecule has 0 spiro atoms. The summed E-state index contributed by atoms with van der Waals surface area (Å²) in [5.41, 5.74) is 1.37. The molecule has 2 rings (SSSR count). The van der Waals surface area contributed by atoms with E-state index < -0.39 is 0 Å². The molecule has 0 atom stereocenters. The molecule has 0 aromatic rings. The number of hydrogen-bond acceptors (Lipinski definition) is 1. The van der Waals surface area contributed by atoms with Crippen molar-refractivity contribution in [3.8, 4) is 10.4 Å². The first-order valence-electron chi connectivity index (χ1n) is 4.26. The number of fused-ring (bicyclic) bond motifs is 1. The van der Waals surface area contributed by atoms with E-state index in [1.165, 1.54) is 15.3 Å². The van der Waals surface area contributed by atoms with Crippen LogP contribution in [0, 0.1) is 0 Å². The van der Waals surface area contributed by atoms with Gasteiger partial charge in [0, 0.05) is 9.75 Å². The van der Waals surface area contributed by atoms with E-state index in [4.69, 9.17) is 0 Å². The summed E-state index contributed by atoms with van der Waals surface area (Å²) in [6, 6.07) is 10.9. The monoisotopic (exact) mass is 176 g/mol. The zero-order valence-corrected chi connectivity index (χ0v) is 8.19. The molecule has 0 radical (unpaired) electrons. The van der Waals surface area contributed by atoms with Crippen LogP contribution < -0.4 is 0 Å². The van der Waals surface area contributed by atoms with Gasteiger partial charge in [0.25, 0.3) is 0 Å². The summed E-state index contributed by atoms with van der Waals surface area (Å²) >= 11 is 1.90. The van der Waals surface area contributed by atoms with E-state index in [-0.39, 0.29) is 0 Å². The smallest absolute Gasteiger partial charge is 0.0345 e. The summed E-state index contributed by atoms with van der Waals surface area (Å²) in [6.45, 7) is 4.47. The van der Waals surface area contributed by atoms with Gasteiger partial charge in [0.1, 0.15) is 0 Å². The van der Waals surface area contributed by atoms with Crippen molar-refractivity contribution in [2.45, 2.75) is 19.8 Å². The van der Waals surface area contributed by atoms with Crippen LogP contribution >= 0.6 is 11.3 Å². The third-order valence-corrected chi connectivity index (χ3v) is 3.47. The van der Waals surface area contributed by atoms with Crippen LogP contribution in [0.1, 0.15) is 24.6 Å². The fraction of sp³-hybridized carbons (Fsp3) is 0.273. The van der Waals surface area contributed by atoms with Crippen LogP contribution in [0.25, 0.3) is 10.4 Å². The molecular formula is C11H12S. The molecule has 1 aliphatic carbocycles. The second-order valence-electron chi connectivity index (χ2n) is 3.34. The summed E-state index contributed by atoms with van der Waals surface area (Å²) < 4.78 is 0. The lowest BCUT2D eigenvalue weighted by atomic mass is 10.1. The van der Waals surface area contributed by atoms with Gasteiger partial charge in [-0.25, -0.2) is 0 Å². The highest BCUT2D eigenvalue weighted by Crippen LogP contribution is 2.32. The van der Waals surface area contributed by atoms with E-state index in [9.17, 15) is 0 Å². The molecule has 0 N–H and O–H groups in total. The van der Waals surface area contributed by atoms with Gasteiger partial charge in [0.2, 0.25) is 0 Å². The standard InChI is InChI=1S/C11H12S/c1-8(2)10-7-6-9-4-3-5-11(9)12-10/h3-8H,1-2H3. The molecule has 62 valence electrons. The van der Waals surface area contributed by atoms with Gasteiger partial charge in [-0.1, -0.05) is 32.0 Å². The van der Waals surface area contributed by atoms with E-state index in [1.807, 2.05) is 11.3 Å². The minimum Gasteiger partial charge on any atom is -0.140 e. The van der Waals surface area contributed by atoms with Crippen LogP contribution in [-0.2, 0) is 0 Å². The second kappa shape index (κ2) is 2.91. The molecule has 0 saturated heterocycles. The maximum Gasteiger partial charge on any atom is 0.0345 e. The Hall–Kier alpha value is -0.820. The van der Waals surface area contributed by atoms with Gasteiger partial charge in [-0.15, -0.1) is 11.3 Å². The predicted octanol–water partition coefficient (Wildman–Crippen LogP) is 3.98. The Bertz CT molecular complexity index is 346. The average Bonchev–Trinajstić information content (AvgIpc) is 2.49.